The first-order valence-corrected chi connectivity index (χ1v) is 8.33. The fourth-order valence-corrected chi connectivity index (χ4v) is 2.74. The number of hydrogen-bond acceptors (Lipinski definition) is 2. The SMILES string of the molecule is CCCCCCCCCCN(CCC)C1CNC1. The van der Waals surface area contributed by atoms with Crippen molar-refractivity contribution in [2.45, 2.75) is 77.7 Å². The van der Waals surface area contributed by atoms with Crippen molar-refractivity contribution in [1.82, 2.24) is 10.2 Å². The van der Waals surface area contributed by atoms with Crippen molar-refractivity contribution in [3.05, 3.63) is 0 Å². The fraction of sp³-hybridized carbons (Fsp3) is 1.00. The molecule has 1 aliphatic heterocycles. The van der Waals surface area contributed by atoms with E-state index in [1.165, 1.54) is 84.0 Å². The van der Waals surface area contributed by atoms with Crippen LogP contribution in [-0.2, 0) is 0 Å². The minimum atomic E-state index is 0.842. The zero-order valence-electron chi connectivity index (χ0n) is 12.7. The van der Waals surface area contributed by atoms with Crippen LogP contribution in [0.1, 0.15) is 71.6 Å². The Bertz CT molecular complexity index is 178. The van der Waals surface area contributed by atoms with Crippen molar-refractivity contribution in [3.8, 4) is 0 Å². The zero-order valence-corrected chi connectivity index (χ0v) is 12.7. The molecule has 0 unspecified atom stereocenters. The van der Waals surface area contributed by atoms with Gasteiger partial charge in [-0.2, -0.15) is 0 Å². The van der Waals surface area contributed by atoms with Crippen LogP contribution in [0.5, 0.6) is 0 Å². The predicted octanol–water partition coefficient (Wildman–Crippen LogP) is 3.81. The highest BCUT2D eigenvalue weighted by Gasteiger charge is 2.22. The van der Waals surface area contributed by atoms with Gasteiger partial charge in [0.2, 0.25) is 0 Å². The largest absolute Gasteiger partial charge is 0.314 e. The average Bonchev–Trinajstić information content (AvgIpc) is 2.30. The van der Waals surface area contributed by atoms with Crippen LogP contribution in [-0.4, -0.2) is 37.1 Å². The maximum absolute atomic E-state index is 3.39. The van der Waals surface area contributed by atoms with E-state index in [1.54, 1.807) is 0 Å². The third-order valence-corrected chi connectivity index (χ3v) is 4.09. The molecule has 0 aromatic heterocycles. The summed E-state index contributed by atoms with van der Waals surface area (Å²) in [7, 11) is 0. The Morgan fingerprint density at radius 2 is 1.39 bits per heavy atom. The molecule has 18 heavy (non-hydrogen) atoms. The molecule has 0 saturated carbocycles. The van der Waals surface area contributed by atoms with E-state index in [2.05, 4.69) is 24.1 Å². The van der Waals surface area contributed by atoms with Gasteiger partial charge in [-0.3, -0.25) is 4.90 Å². The average molecular weight is 254 g/mol. The van der Waals surface area contributed by atoms with Gasteiger partial charge in [-0.25, -0.2) is 0 Å². The second kappa shape index (κ2) is 10.8. The molecule has 0 atom stereocenters. The molecular weight excluding hydrogens is 220 g/mol. The summed E-state index contributed by atoms with van der Waals surface area (Å²) in [5, 5.41) is 3.39. The van der Waals surface area contributed by atoms with Crippen LogP contribution in [0.15, 0.2) is 0 Å². The summed E-state index contributed by atoms with van der Waals surface area (Å²) in [5.74, 6) is 0. The Labute approximate surface area is 115 Å². The summed E-state index contributed by atoms with van der Waals surface area (Å²) in [4.78, 5) is 2.70. The van der Waals surface area contributed by atoms with E-state index in [0.717, 1.165) is 6.04 Å². The number of hydrogen-bond donors (Lipinski definition) is 1. The molecule has 1 fully saturated rings. The van der Waals surface area contributed by atoms with Crippen LogP contribution < -0.4 is 5.32 Å². The minimum absolute atomic E-state index is 0.842. The lowest BCUT2D eigenvalue weighted by Gasteiger charge is -2.38. The maximum Gasteiger partial charge on any atom is 0.0345 e. The smallest absolute Gasteiger partial charge is 0.0345 e. The van der Waals surface area contributed by atoms with Gasteiger partial charge in [0, 0.05) is 19.1 Å². The van der Waals surface area contributed by atoms with E-state index in [9.17, 15) is 0 Å². The lowest BCUT2D eigenvalue weighted by atomic mass is 10.1. The van der Waals surface area contributed by atoms with Crippen LogP contribution in [0.3, 0.4) is 0 Å². The standard InChI is InChI=1S/C16H34N2/c1-3-5-6-7-8-9-10-11-13-18(12-4-2)16-14-17-15-16/h16-17H,3-15H2,1-2H3. The van der Waals surface area contributed by atoms with Crippen molar-refractivity contribution in [3.63, 3.8) is 0 Å². The molecule has 0 aromatic carbocycles. The maximum atomic E-state index is 3.39. The van der Waals surface area contributed by atoms with E-state index in [0.29, 0.717) is 0 Å². The molecule has 1 heterocycles. The summed E-state index contributed by atoms with van der Waals surface area (Å²) < 4.78 is 0. The molecule has 1 aliphatic rings. The summed E-state index contributed by atoms with van der Waals surface area (Å²) in [6.07, 6.45) is 12.8. The molecule has 1 saturated heterocycles. The summed E-state index contributed by atoms with van der Waals surface area (Å²) in [6.45, 7) is 9.65. The van der Waals surface area contributed by atoms with Gasteiger partial charge in [0.25, 0.3) is 0 Å². The molecule has 2 nitrogen and oxygen atoms in total. The van der Waals surface area contributed by atoms with Gasteiger partial charge in [0.15, 0.2) is 0 Å². The fourth-order valence-electron chi connectivity index (χ4n) is 2.74. The highest BCUT2D eigenvalue weighted by Crippen LogP contribution is 2.11. The van der Waals surface area contributed by atoms with E-state index >= 15 is 0 Å². The summed E-state index contributed by atoms with van der Waals surface area (Å²) in [6, 6.07) is 0.842. The third kappa shape index (κ3) is 6.75. The van der Waals surface area contributed by atoms with Gasteiger partial charge in [0.05, 0.1) is 0 Å². The van der Waals surface area contributed by atoms with Crippen LogP contribution in [0.25, 0.3) is 0 Å². The first-order valence-electron chi connectivity index (χ1n) is 8.33. The van der Waals surface area contributed by atoms with Gasteiger partial charge in [-0.05, 0) is 25.9 Å². The zero-order chi connectivity index (χ0) is 13.1. The Balaban J connectivity index is 1.91. The normalized spacial score (nSPS) is 16.2. The van der Waals surface area contributed by atoms with Crippen LogP contribution >= 0.6 is 0 Å². The van der Waals surface area contributed by atoms with E-state index < -0.39 is 0 Å². The lowest BCUT2D eigenvalue weighted by molar-refractivity contribution is 0.142. The van der Waals surface area contributed by atoms with Gasteiger partial charge in [-0.15, -0.1) is 0 Å². The molecular formula is C16H34N2. The molecule has 1 rings (SSSR count). The molecule has 0 amide bonds. The van der Waals surface area contributed by atoms with E-state index in [1.807, 2.05) is 0 Å². The number of rotatable bonds is 12. The van der Waals surface area contributed by atoms with Gasteiger partial charge in [0.1, 0.15) is 0 Å². The third-order valence-electron chi connectivity index (χ3n) is 4.09. The van der Waals surface area contributed by atoms with Crippen LogP contribution in [0.4, 0.5) is 0 Å². The lowest BCUT2D eigenvalue weighted by Crippen LogP contribution is -2.57. The summed E-state index contributed by atoms with van der Waals surface area (Å²) >= 11 is 0. The highest BCUT2D eigenvalue weighted by molar-refractivity contribution is 4.84. The Kier molecular flexibility index (Phi) is 9.59. The Morgan fingerprint density at radius 3 is 1.89 bits per heavy atom. The quantitative estimate of drug-likeness (QED) is 0.533. The van der Waals surface area contributed by atoms with Crippen molar-refractivity contribution >= 4 is 0 Å². The van der Waals surface area contributed by atoms with E-state index in [4.69, 9.17) is 0 Å². The summed E-state index contributed by atoms with van der Waals surface area (Å²) in [5.41, 5.74) is 0. The molecule has 0 aliphatic carbocycles. The second-order valence-corrected chi connectivity index (χ2v) is 5.82. The monoisotopic (exact) mass is 254 g/mol. The first kappa shape index (κ1) is 16.0. The molecule has 2 heteroatoms. The molecule has 108 valence electrons. The van der Waals surface area contributed by atoms with Gasteiger partial charge < -0.3 is 5.32 Å². The number of unbranched alkanes of at least 4 members (excludes halogenated alkanes) is 7. The van der Waals surface area contributed by atoms with Crippen molar-refractivity contribution in [2.75, 3.05) is 26.2 Å². The van der Waals surface area contributed by atoms with Gasteiger partial charge >= 0.3 is 0 Å². The van der Waals surface area contributed by atoms with Crippen molar-refractivity contribution < 1.29 is 0 Å². The molecule has 1 N–H and O–H groups in total. The second-order valence-electron chi connectivity index (χ2n) is 5.82. The highest BCUT2D eigenvalue weighted by atomic mass is 15.2. The topological polar surface area (TPSA) is 15.3 Å². The Morgan fingerprint density at radius 1 is 0.778 bits per heavy atom. The predicted molar refractivity (Wildman–Crippen MR) is 81.1 cm³/mol. The molecule has 0 spiro atoms. The molecule has 0 radical (unpaired) electrons. The minimum Gasteiger partial charge on any atom is -0.314 e. The van der Waals surface area contributed by atoms with Crippen molar-refractivity contribution in [2.24, 2.45) is 0 Å². The van der Waals surface area contributed by atoms with Crippen LogP contribution in [0.2, 0.25) is 0 Å². The van der Waals surface area contributed by atoms with E-state index in [-0.39, 0.29) is 0 Å². The molecule has 0 aromatic rings. The number of nitrogens with zero attached hydrogens (tertiary/aromatic N) is 1. The molecule has 0 bridgehead atoms. The first-order chi connectivity index (χ1) is 8.88. The van der Waals surface area contributed by atoms with Crippen LogP contribution in [0, 0.1) is 0 Å². The number of nitrogens with one attached hydrogen (secondary N) is 1. The van der Waals surface area contributed by atoms with Crippen molar-refractivity contribution in [1.29, 1.82) is 0 Å². The Hall–Kier alpha value is -0.0800. The van der Waals surface area contributed by atoms with Gasteiger partial charge in [-0.1, -0.05) is 58.8 Å².